The molecule has 0 aliphatic heterocycles. The van der Waals surface area contributed by atoms with Crippen molar-refractivity contribution >= 4 is 326 Å². The van der Waals surface area contributed by atoms with Crippen molar-refractivity contribution in [2.75, 3.05) is 0 Å². The monoisotopic (exact) mass is 2240 g/mol. The molecule has 0 saturated heterocycles. The van der Waals surface area contributed by atoms with Crippen molar-refractivity contribution < 1.29 is 4.39 Å². The molecule has 0 aliphatic rings. The highest BCUT2D eigenvalue weighted by Gasteiger charge is 2.30. The summed E-state index contributed by atoms with van der Waals surface area (Å²) in [6, 6.07) is 87.4. The molecular formula is C75H48FI9S4+4. The maximum atomic E-state index is 13.3. The Balaban J connectivity index is 0.000000109. The van der Waals surface area contributed by atoms with E-state index in [1.54, 1.807) is 12.1 Å². The lowest BCUT2D eigenvalue weighted by Crippen LogP contribution is -1.80. The maximum absolute atomic E-state index is 13.3. The topological polar surface area (TPSA) is 0 Å². The Morgan fingerprint density at radius 2 is 0.596 bits per heavy atom. The van der Waals surface area contributed by atoms with Gasteiger partial charge in [0.15, 0.2) is 57.2 Å². The third kappa shape index (κ3) is 13.0. The molecule has 0 spiro atoms. The predicted molar refractivity (Wildman–Crippen MR) is 470 cm³/mol. The van der Waals surface area contributed by atoms with E-state index in [2.05, 4.69) is 436 Å². The third-order valence-corrected chi connectivity index (χ3v) is 37.7. The molecule has 4 aromatic heterocycles. The Bertz CT molecular complexity index is 5360. The lowest BCUT2D eigenvalue weighted by Gasteiger charge is -1.98. The van der Waals surface area contributed by atoms with Crippen LogP contribution in [-0.2, 0) is 6.42 Å². The summed E-state index contributed by atoms with van der Waals surface area (Å²) in [5, 5.41) is 11.2. The van der Waals surface area contributed by atoms with Gasteiger partial charge in [-0.1, -0.05) is 91.3 Å². The van der Waals surface area contributed by atoms with Crippen LogP contribution in [0.25, 0.3) is 100 Å². The van der Waals surface area contributed by atoms with Gasteiger partial charge in [0.25, 0.3) is 0 Å². The smallest absolute Gasteiger partial charge is 0.188 e. The highest BCUT2D eigenvalue weighted by molar-refractivity contribution is 14.1. The van der Waals surface area contributed by atoms with E-state index in [1.807, 2.05) is 12.1 Å². The molecule has 0 radical (unpaired) electrons. The molecule has 0 fully saturated rings. The van der Waals surface area contributed by atoms with Gasteiger partial charge in [0.1, 0.15) is 5.82 Å². The summed E-state index contributed by atoms with van der Waals surface area (Å²) >= 11 is 22.1. The van der Waals surface area contributed by atoms with E-state index in [0.29, 0.717) is 0 Å². The van der Waals surface area contributed by atoms with Crippen molar-refractivity contribution in [2.24, 2.45) is 0 Å². The first-order valence-electron chi connectivity index (χ1n) is 28.1. The molecule has 0 saturated carbocycles. The molecule has 0 N–H and O–H groups in total. The molecule has 0 aliphatic carbocycles. The van der Waals surface area contributed by atoms with Crippen LogP contribution in [-0.4, -0.2) is 0 Å². The fourth-order valence-electron chi connectivity index (χ4n) is 11.4. The van der Waals surface area contributed by atoms with Crippen LogP contribution in [0.2, 0.25) is 0 Å². The van der Waals surface area contributed by atoms with Crippen LogP contribution >= 0.6 is 245 Å². The molecule has 438 valence electrons. The minimum absolute atomic E-state index is 0.0129. The molecule has 0 nitrogen and oxygen atoms in total. The summed E-state index contributed by atoms with van der Waals surface area (Å²) in [5.41, 5.74) is 2.72. The van der Waals surface area contributed by atoms with Crippen LogP contribution in [0.1, 0.15) is 18.1 Å². The van der Waals surface area contributed by atoms with Gasteiger partial charge in [0.05, 0.1) is 21.5 Å². The summed E-state index contributed by atoms with van der Waals surface area (Å²) < 4.78 is 36.8. The predicted octanol–water partition coefficient (Wildman–Crippen LogP) is 29.4. The van der Waals surface area contributed by atoms with Crippen molar-refractivity contribution in [3.05, 3.63) is 292 Å². The zero-order valence-electron chi connectivity index (χ0n) is 47.2. The van der Waals surface area contributed by atoms with Gasteiger partial charge in [-0.05, 0) is 350 Å². The quantitative estimate of drug-likeness (QED) is 0.119. The Hall–Kier alpha value is -1.98. The molecule has 0 amide bonds. The van der Waals surface area contributed by atoms with Gasteiger partial charge in [0, 0.05) is 132 Å². The van der Waals surface area contributed by atoms with Crippen molar-refractivity contribution in [3.63, 3.8) is 0 Å². The summed E-state index contributed by atoms with van der Waals surface area (Å²) in [6.07, 6.45) is 1.09. The van der Waals surface area contributed by atoms with Gasteiger partial charge >= 0.3 is 0 Å². The SMILES string of the molecule is CCc1ccc(-[s+]2c3ccccc3c3c(I)c(I)ccc32)cc1.Cc1ccc(-[s+]2c3ccc(I)cc3c3c(I)c(I)ccc32)cc1.Fc1ccc(-[s+]2c3ccccc3c3c(I)c(I)ccc32)cc1.Ic1ccc2c(c1I)c1ccccc1[s+]2-c1ccccc1. The Morgan fingerprint density at radius 3 is 0.978 bits per heavy atom. The molecule has 16 rings (SSSR count). The van der Waals surface area contributed by atoms with Crippen LogP contribution < -0.4 is 0 Å². The van der Waals surface area contributed by atoms with Crippen LogP contribution in [0.5, 0.6) is 0 Å². The van der Waals surface area contributed by atoms with E-state index >= 15 is 0 Å². The van der Waals surface area contributed by atoms with Gasteiger partial charge in [-0.3, -0.25) is 0 Å². The third-order valence-electron chi connectivity index (χ3n) is 15.5. The van der Waals surface area contributed by atoms with E-state index in [-0.39, 0.29) is 47.7 Å². The molecule has 4 atom stereocenters. The molecule has 0 bridgehead atoms. The van der Waals surface area contributed by atoms with Crippen molar-refractivity contribution in [1.82, 2.24) is 0 Å². The lowest BCUT2D eigenvalue weighted by molar-refractivity contribution is 0.628. The standard InChI is InChI=1S/C20H15I2S.C19H12I3S.C18H10FI2S.C18H11I2S/c1-2-13-7-9-14(10-8-13)23-17-6-4-3-5-15(17)19-18(23)12-11-16(21)20(19)22;1-11-2-5-13(6-3-11)23-16-8-4-12(20)10-14(16)18-17(23)9-7-15(21)19(18)22;19-11-5-7-12(8-6-11)22-15-4-2-1-3-13(15)17-16(22)10-9-14(20)18(17)21;19-14-10-11-16-17(18(14)20)13-8-4-5-9-15(13)21(16)12-6-2-1-3-7-12/h3-12H,2H2,1H3;2-10H,1H3;1-10H;1-11H/q4*+1. The molecular weight excluding hydrogens is 2190 g/mol. The van der Waals surface area contributed by atoms with Gasteiger partial charge in [-0.2, -0.15) is 0 Å². The molecule has 89 heavy (non-hydrogen) atoms. The second-order valence-electron chi connectivity index (χ2n) is 20.9. The molecule has 14 heteroatoms. The van der Waals surface area contributed by atoms with E-state index in [4.69, 9.17) is 0 Å². The minimum Gasteiger partial charge on any atom is -0.207 e. The summed E-state index contributed by atoms with van der Waals surface area (Å²) in [6.45, 7) is 4.36. The number of aryl methyl sites for hydroxylation is 2. The number of hydrogen-bond donors (Lipinski definition) is 0. The van der Waals surface area contributed by atoms with Crippen LogP contribution in [0, 0.1) is 44.9 Å². The zero-order valence-corrected chi connectivity index (χ0v) is 69.9. The first-order chi connectivity index (χ1) is 43.2. The minimum atomic E-state index is -0.183. The average Bonchev–Trinajstić information content (AvgIpc) is 1.71. The van der Waals surface area contributed by atoms with Crippen molar-refractivity contribution in [1.29, 1.82) is 0 Å². The number of rotatable bonds is 5. The Kier molecular flexibility index (Phi) is 21.2. The number of halogens is 10. The number of benzene rings is 12. The van der Waals surface area contributed by atoms with Gasteiger partial charge < -0.3 is 0 Å². The van der Waals surface area contributed by atoms with Crippen molar-refractivity contribution in [2.45, 2.75) is 20.3 Å². The number of fused-ring (bicyclic) bond motifs is 12. The normalized spacial score (nSPS) is 12.2. The first-order valence-corrected chi connectivity index (χ1v) is 42.7. The van der Waals surface area contributed by atoms with E-state index < -0.39 is 0 Å². The van der Waals surface area contributed by atoms with Gasteiger partial charge in [0.2, 0.25) is 0 Å². The molecule has 12 aromatic carbocycles. The average molecular weight is 2240 g/mol. The highest BCUT2D eigenvalue weighted by Crippen LogP contribution is 2.54. The van der Waals surface area contributed by atoms with Gasteiger partial charge in [-0.25, -0.2) is 4.39 Å². The Morgan fingerprint density at radius 1 is 0.292 bits per heavy atom. The second kappa shape index (κ2) is 28.8. The molecule has 4 unspecified atom stereocenters. The molecule has 4 heterocycles. The van der Waals surface area contributed by atoms with Crippen LogP contribution in [0.4, 0.5) is 4.39 Å². The summed E-state index contributed by atoms with van der Waals surface area (Å²) in [7, 11) is -0.0740. The highest BCUT2D eigenvalue weighted by atomic mass is 127. The fraction of sp³-hybridized carbons (Fsp3) is 0.0400. The van der Waals surface area contributed by atoms with E-state index in [9.17, 15) is 4.39 Å². The first kappa shape index (κ1) is 65.7. The largest absolute Gasteiger partial charge is 0.207 e. The zero-order chi connectivity index (χ0) is 61.8. The lowest BCUT2D eigenvalue weighted by atomic mass is 10.2. The number of hydrogen-bond acceptors (Lipinski definition) is 0. The van der Waals surface area contributed by atoms with Crippen LogP contribution in [0.3, 0.4) is 0 Å². The van der Waals surface area contributed by atoms with Crippen LogP contribution in [0.15, 0.2) is 243 Å². The summed E-state index contributed by atoms with van der Waals surface area (Å²) in [5.74, 6) is -0.183. The Labute approximate surface area is 650 Å². The molecule has 16 aromatic rings. The van der Waals surface area contributed by atoms with Crippen molar-refractivity contribution in [3.8, 4) is 19.6 Å². The summed E-state index contributed by atoms with van der Waals surface area (Å²) in [4.78, 5) is 5.41. The second-order valence-corrected chi connectivity index (χ2v) is 38.9. The van der Waals surface area contributed by atoms with E-state index in [1.165, 1.54) is 144 Å². The maximum Gasteiger partial charge on any atom is 0.188 e. The van der Waals surface area contributed by atoms with Gasteiger partial charge in [-0.15, -0.1) is 0 Å². The number of thiophene rings is 4. The van der Waals surface area contributed by atoms with E-state index in [0.717, 1.165) is 6.42 Å². The fourth-order valence-corrected chi connectivity index (χ4v) is 27.0.